The highest BCUT2D eigenvalue weighted by atomic mass is 35.5. The van der Waals surface area contributed by atoms with Gasteiger partial charge in [-0.05, 0) is 17.7 Å². The molecule has 2 amide bonds. The molecule has 108 valence electrons. The molecule has 21 heavy (non-hydrogen) atoms. The topological polar surface area (TPSA) is 84.0 Å². The Labute approximate surface area is 126 Å². The maximum Gasteiger partial charge on any atom is 0.271 e. The van der Waals surface area contributed by atoms with Crippen molar-refractivity contribution in [3.05, 3.63) is 58.6 Å². The Morgan fingerprint density at radius 1 is 1.10 bits per heavy atom. The molecule has 0 fully saturated rings. The molecule has 2 rings (SSSR count). The first-order chi connectivity index (χ1) is 10.1. The molecule has 0 saturated heterocycles. The van der Waals surface area contributed by atoms with E-state index in [9.17, 15) is 9.59 Å². The summed E-state index contributed by atoms with van der Waals surface area (Å²) in [5.41, 5.74) is 1.63. The third-order valence-electron chi connectivity index (χ3n) is 2.75. The zero-order valence-electron chi connectivity index (χ0n) is 11.3. The lowest BCUT2D eigenvalue weighted by Crippen LogP contribution is -2.24. The smallest absolute Gasteiger partial charge is 0.271 e. The first kappa shape index (κ1) is 14.9. The molecule has 0 aliphatic heterocycles. The summed E-state index contributed by atoms with van der Waals surface area (Å²) < 4.78 is 0. The van der Waals surface area contributed by atoms with Gasteiger partial charge in [-0.3, -0.25) is 9.59 Å². The monoisotopic (exact) mass is 304 g/mol. The largest absolute Gasteiger partial charge is 0.355 e. The molecule has 2 N–H and O–H groups in total. The average molecular weight is 305 g/mol. The number of carbonyl (C=O) groups excluding carboxylic acids is 2. The first-order valence-electron chi connectivity index (χ1n) is 6.17. The van der Waals surface area contributed by atoms with Crippen molar-refractivity contribution in [2.24, 2.45) is 0 Å². The van der Waals surface area contributed by atoms with E-state index in [-0.39, 0.29) is 22.7 Å². The number of hydrogen-bond donors (Lipinski definition) is 2. The lowest BCUT2D eigenvalue weighted by molar-refractivity contribution is 0.0941. The summed E-state index contributed by atoms with van der Waals surface area (Å²) in [5.74, 6) is -0.489. The van der Waals surface area contributed by atoms with Gasteiger partial charge in [0, 0.05) is 19.2 Å². The van der Waals surface area contributed by atoms with Gasteiger partial charge in [0.2, 0.25) is 0 Å². The van der Waals surface area contributed by atoms with Crippen molar-refractivity contribution >= 4 is 23.4 Å². The second-order valence-electron chi connectivity index (χ2n) is 4.18. The van der Waals surface area contributed by atoms with Crippen LogP contribution in [0.2, 0.25) is 5.15 Å². The van der Waals surface area contributed by atoms with E-state index in [1.165, 1.54) is 12.4 Å². The molecular formula is C14H13ClN4O2. The van der Waals surface area contributed by atoms with Gasteiger partial charge in [0.15, 0.2) is 0 Å². The quantitative estimate of drug-likeness (QED) is 0.895. The minimum atomic E-state index is -0.338. The SMILES string of the molecule is CNC(=O)c1ccc(CNC(=O)c2cnc(Cl)cn2)cc1. The average Bonchev–Trinajstić information content (AvgIpc) is 2.53. The summed E-state index contributed by atoms with van der Waals surface area (Å²) in [7, 11) is 1.57. The van der Waals surface area contributed by atoms with Gasteiger partial charge in [0.25, 0.3) is 11.8 Å². The molecule has 2 aromatic rings. The zero-order chi connectivity index (χ0) is 15.2. The summed E-state index contributed by atoms with van der Waals surface area (Å²) in [5, 5.41) is 5.49. The van der Waals surface area contributed by atoms with Gasteiger partial charge in [-0.25, -0.2) is 9.97 Å². The molecule has 0 atom stereocenters. The molecule has 0 aliphatic carbocycles. The lowest BCUT2D eigenvalue weighted by Gasteiger charge is -2.06. The van der Waals surface area contributed by atoms with Crippen LogP contribution >= 0.6 is 11.6 Å². The molecule has 0 aliphatic rings. The Morgan fingerprint density at radius 3 is 2.38 bits per heavy atom. The zero-order valence-corrected chi connectivity index (χ0v) is 12.0. The van der Waals surface area contributed by atoms with Gasteiger partial charge >= 0.3 is 0 Å². The van der Waals surface area contributed by atoms with E-state index in [2.05, 4.69) is 20.6 Å². The van der Waals surface area contributed by atoms with E-state index in [0.717, 1.165) is 5.56 Å². The molecular weight excluding hydrogens is 292 g/mol. The molecule has 6 nitrogen and oxygen atoms in total. The second kappa shape index (κ2) is 6.81. The molecule has 0 bridgehead atoms. The number of amides is 2. The first-order valence-corrected chi connectivity index (χ1v) is 6.54. The van der Waals surface area contributed by atoms with E-state index in [0.29, 0.717) is 12.1 Å². The highest BCUT2D eigenvalue weighted by Crippen LogP contribution is 2.05. The maximum absolute atomic E-state index is 11.8. The van der Waals surface area contributed by atoms with Crippen LogP contribution in [0.5, 0.6) is 0 Å². The van der Waals surface area contributed by atoms with Crippen LogP contribution in [0.4, 0.5) is 0 Å². The third-order valence-corrected chi connectivity index (χ3v) is 2.94. The van der Waals surface area contributed by atoms with Crippen LogP contribution < -0.4 is 10.6 Å². The van der Waals surface area contributed by atoms with Crippen molar-refractivity contribution in [2.45, 2.75) is 6.54 Å². The number of carbonyl (C=O) groups is 2. The Kier molecular flexibility index (Phi) is 4.84. The van der Waals surface area contributed by atoms with Crippen LogP contribution in [0.25, 0.3) is 0 Å². The lowest BCUT2D eigenvalue weighted by atomic mass is 10.1. The number of rotatable bonds is 4. The van der Waals surface area contributed by atoms with Gasteiger partial charge in [-0.2, -0.15) is 0 Å². The van der Waals surface area contributed by atoms with E-state index in [4.69, 9.17) is 11.6 Å². The molecule has 0 spiro atoms. The molecule has 7 heteroatoms. The van der Waals surface area contributed by atoms with Gasteiger partial charge in [0.1, 0.15) is 10.8 Å². The van der Waals surface area contributed by atoms with Crippen LogP contribution in [0.3, 0.4) is 0 Å². The van der Waals surface area contributed by atoms with Crippen LogP contribution in [0, 0.1) is 0 Å². The van der Waals surface area contributed by atoms with Crippen molar-refractivity contribution in [3.63, 3.8) is 0 Å². The highest BCUT2D eigenvalue weighted by molar-refractivity contribution is 6.29. The second-order valence-corrected chi connectivity index (χ2v) is 4.57. The number of benzene rings is 1. The van der Waals surface area contributed by atoms with Gasteiger partial charge in [0.05, 0.1) is 12.4 Å². The summed E-state index contributed by atoms with van der Waals surface area (Å²) in [6, 6.07) is 6.95. The van der Waals surface area contributed by atoms with E-state index in [1.807, 2.05) is 0 Å². The molecule has 0 radical (unpaired) electrons. The van der Waals surface area contributed by atoms with Crippen molar-refractivity contribution < 1.29 is 9.59 Å². The van der Waals surface area contributed by atoms with Crippen molar-refractivity contribution in [3.8, 4) is 0 Å². The third kappa shape index (κ3) is 4.00. The molecule has 1 aromatic heterocycles. The minimum Gasteiger partial charge on any atom is -0.355 e. The van der Waals surface area contributed by atoms with Crippen LogP contribution in [-0.4, -0.2) is 28.8 Å². The van der Waals surface area contributed by atoms with Crippen LogP contribution in [0.15, 0.2) is 36.7 Å². The predicted octanol–water partition coefficient (Wildman–Crippen LogP) is 1.42. The minimum absolute atomic E-state index is 0.151. The molecule has 0 unspecified atom stereocenters. The van der Waals surface area contributed by atoms with E-state index < -0.39 is 0 Å². The Balaban J connectivity index is 1.95. The number of hydrogen-bond acceptors (Lipinski definition) is 4. The van der Waals surface area contributed by atoms with Crippen molar-refractivity contribution in [1.29, 1.82) is 0 Å². The molecule has 1 aromatic carbocycles. The number of nitrogens with one attached hydrogen (secondary N) is 2. The highest BCUT2D eigenvalue weighted by Gasteiger charge is 2.08. The van der Waals surface area contributed by atoms with E-state index >= 15 is 0 Å². The van der Waals surface area contributed by atoms with Gasteiger partial charge < -0.3 is 10.6 Å². The van der Waals surface area contributed by atoms with Crippen molar-refractivity contribution in [1.82, 2.24) is 20.6 Å². The summed E-state index contributed by atoms with van der Waals surface area (Å²) >= 11 is 5.60. The summed E-state index contributed by atoms with van der Waals surface area (Å²) in [4.78, 5) is 30.9. The van der Waals surface area contributed by atoms with E-state index in [1.54, 1.807) is 31.3 Å². The fraction of sp³-hybridized carbons (Fsp3) is 0.143. The van der Waals surface area contributed by atoms with Gasteiger partial charge in [-0.15, -0.1) is 0 Å². The fourth-order valence-electron chi connectivity index (χ4n) is 1.62. The van der Waals surface area contributed by atoms with Crippen LogP contribution in [-0.2, 0) is 6.54 Å². The van der Waals surface area contributed by atoms with Gasteiger partial charge in [-0.1, -0.05) is 23.7 Å². The fourth-order valence-corrected chi connectivity index (χ4v) is 1.72. The van der Waals surface area contributed by atoms with Crippen LogP contribution in [0.1, 0.15) is 26.4 Å². The normalized spacial score (nSPS) is 10.0. The Bertz CT molecular complexity index is 641. The number of aromatic nitrogens is 2. The summed E-state index contributed by atoms with van der Waals surface area (Å²) in [6.45, 7) is 0.331. The van der Waals surface area contributed by atoms with Crippen molar-refractivity contribution in [2.75, 3.05) is 7.05 Å². The predicted molar refractivity (Wildman–Crippen MR) is 78.0 cm³/mol. The molecule has 1 heterocycles. The summed E-state index contributed by atoms with van der Waals surface area (Å²) in [6.07, 6.45) is 2.63. The Morgan fingerprint density at radius 2 is 1.81 bits per heavy atom. The number of halogens is 1. The Hall–Kier alpha value is -2.47. The standard InChI is InChI=1S/C14H13ClN4O2/c1-16-13(20)10-4-2-9(3-5-10)6-19-14(21)11-7-18-12(15)8-17-11/h2-5,7-8H,6H2,1H3,(H,16,20)(H,19,21). The maximum atomic E-state index is 11.8. The molecule has 0 saturated carbocycles. The number of nitrogens with zero attached hydrogens (tertiary/aromatic N) is 2.